The lowest BCUT2D eigenvalue weighted by Gasteiger charge is -2.23. The molecule has 1 unspecified atom stereocenters. The van der Waals surface area contributed by atoms with Crippen molar-refractivity contribution < 1.29 is 4.79 Å². The summed E-state index contributed by atoms with van der Waals surface area (Å²) in [4.78, 5) is 14.1. The smallest absolute Gasteiger partial charge is 0.226 e. The third-order valence-electron chi connectivity index (χ3n) is 3.07. The first-order valence-corrected chi connectivity index (χ1v) is 6.67. The molecular weight excluding hydrogens is 224 g/mol. The van der Waals surface area contributed by atoms with Gasteiger partial charge in [-0.25, -0.2) is 0 Å². The van der Waals surface area contributed by atoms with Gasteiger partial charge in [0.15, 0.2) is 0 Å². The number of amides is 1. The maximum absolute atomic E-state index is 12.2. The quantitative estimate of drug-likeness (QED) is 0.841. The first-order valence-electron chi connectivity index (χ1n) is 6.67. The Bertz CT molecular complexity index is 388. The third-order valence-corrected chi connectivity index (χ3v) is 3.07. The summed E-state index contributed by atoms with van der Waals surface area (Å²) in [6.45, 7) is 6.73. The normalized spacial score (nSPS) is 12.2. The fraction of sp³-hybridized carbons (Fsp3) is 0.533. The Morgan fingerprint density at radius 1 is 1.39 bits per heavy atom. The van der Waals surface area contributed by atoms with E-state index in [4.69, 9.17) is 5.73 Å². The summed E-state index contributed by atoms with van der Waals surface area (Å²) in [7, 11) is 0. The molecule has 1 aromatic carbocycles. The van der Waals surface area contributed by atoms with Crippen LogP contribution in [0.3, 0.4) is 0 Å². The van der Waals surface area contributed by atoms with E-state index in [2.05, 4.69) is 0 Å². The highest BCUT2D eigenvalue weighted by Crippen LogP contribution is 2.20. The van der Waals surface area contributed by atoms with Crippen molar-refractivity contribution in [1.82, 2.24) is 0 Å². The molecule has 0 spiro atoms. The molecule has 3 nitrogen and oxygen atoms in total. The van der Waals surface area contributed by atoms with Crippen molar-refractivity contribution in [2.24, 2.45) is 5.73 Å². The van der Waals surface area contributed by atoms with Crippen LogP contribution in [-0.2, 0) is 4.79 Å². The van der Waals surface area contributed by atoms with Crippen molar-refractivity contribution in [3.63, 3.8) is 0 Å². The highest BCUT2D eigenvalue weighted by Gasteiger charge is 2.14. The fourth-order valence-electron chi connectivity index (χ4n) is 2.06. The maximum atomic E-state index is 12.2. The lowest BCUT2D eigenvalue weighted by molar-refractivity contribution is -0.118. The van der Waals surface area contributed by atoms with Gasteiger partial charge in [-0.3, -0.25) is 4.79 Å². The van der Waals surface area contributed by atoms with Crippen LogP contribution in [-0.4, -0.2) is 18.5 Å². The molecule has 0 heterocycles. The SMILES string of the molecule is CCN(C(=O)CCCC(C)N)c1ccccc1C. The summed E-state index contributed by atoms with van der Waals surface area (Å²) in [5, 5.41) is 0. The number of rotatable bonds is 6. The van der Waals surface area contributed by atoms with Crippen LogP contribution >= 0.6 is 0 Å². The zero-order valence-corrected chi connectivity index (χ0v) is 11.6. The van der Waals surface area contributed by atoms with Crippen molar-refractivity contribution in [2.75, 3.05) is 11.4 Å². The summed E-state index contributed by atoms with van der Waals surface area (Å²) >= 11 is 0. The molecule has 100 valence electrons. The van der Waals surface area contributed by atoms with Gasteiger partial charge in [-0.2, -0.15) is 0 Å². The Morgan fingerprint density at radius 2 is 2.06 bits per heavy atom. The minimum Gasteiger partial charge on any atom is -0.328 e. The molecule has 0 aliphatic rings. The van der Waals surface area contributed by atoms with Gasteiger partial charge in [-0.15, -0.1) is 0 Å². The molecule has 0 bridgehead atoms. The van der Waals surface area contributed by atoms with Gasteiger partial charge in [-0.1, -0.05) is 18.2 Å². The first kappa shape index (κ1) is 14.7. The third kappa shape index (κ3) is 4.15. The summed E-state index contributed by atoms with van der Waals surface area (Å²) in [6, 6.07) is 8.18. The molecule has 18 heavy (non-hydrogen) atoms. The van der Waals surface area contributed by atoms with Crippen molar-refractivity contribution >= 4 is 11.6 Å². The first-order chi connectivity index (χ1) is 8.56. The zero-order valence-electron chi connectivity index (χ0n) is 11.6. The zero-order chi connectivity index (χ0) is 13.5. The highest BCUT2D eigenvalue weighted by atomic mass is 16.2. The van der Waals surface area contributed by atoms with E-state index in [9.17, 15) is 4.79 Å². The highest BCUT2D eigenvalue weighted by molar-refractivity contribution is 5.93. The molecule has 1 rings (SSSR count). The minimum absolute atomic E-state index is 0.173. The fourth-order valence-corrected chi connectivity index (χ4v) is 2.06. The van der Waals surface area contributed by atoms with Gasteiger partial charge in [0.2, 0.25) is 5.91 Å². The average Bonchev–Trinajstić information content (AvgIpc) is 2.32. The molecule has 0 saturated carbocycles. The molecular formula is C15H24N2O. The van der Waals surface area contributed by atoms with Gasteiger partial charge in [-0.05, 0) is 45.2 Å². The molecule has 1 amide bonds. The van der Waals surface area contributed by atoms with Crippen molar-refractivity contribution in [3.8, 4) is 0 Å². The standard InChI is InChI=1S/C15H24N2O/c1-4-17(14-10-6-5-8-12(14)2)15(18)11-7-9-13(3)16/h5-6,8,10,13H,4,7,9,11,16H2,1-3H3. The van der Waals surface area contributed by atoms with E-state index in [0.29, 0.717) is 13.0 Å². The van der Waals surface area contributed by atoms with Crippen molar-refractivity contribution in [3.05, 3.63) is 29.8 Å². The molecule has 1 atom stereocenters. The van der Waals surface area contributed by atoms with Crippen molar-refractivity contribution in [2.45, 2.75) is 46.1 Å². The number of para-hydroxylation sites is 1. The number of benzene rings is 1. The topological polar surface area (TPSA) is 46.3 Å². The van der Waals surface area contributed by atoms with E-state index in [1.165, 1.54) is 0 Å². The molecule has 0 radical (unpaired) electrons. The number of hydrogen-bond donors (Lipinski definition) is 1. The van der Waals surface area contributed by atoms with E-state index >= 15 is 0 Å². The number of aryl methyl sites for hydroxylation is 1. The van der Waals surface area contributed by atoms with Gasteiger partial charge in [0.25, 0.3) is 0 Å². The number of nitrogens with two attached hydrogens (primary N) is 1. The predicted molar refractivity (Wildman–Crippen MR) is 76.7 cm³/mol. The van der Waals surface area contributed by atoms with Crippen LogP contribution in [0.5, 0.6) is 0 Å². The second-order valence-electron chi connectivity index (χ2n) is 4.79. The molecule has 0 aliphatic carbocycles. The Balaban J connectivity index is 2.66. The van der Waals surface area contributed by atoms with Crippen molar-refractivity contribution in [1.29, 1.82) is 0 Å². The van der Waals surface area contributed by atoms with Gasteiger partial charge < -0.3 is 10.6 Å². The van der Waals surface area contributed by atoms with E-state index in [-0.39, 0.29) is 11.9 Å². The average molecular weight is 248 g/mol. The predicted octanol–water partition coefficient (Wildman–Crippen LogP) is 2.87. The minimum atomic E-state index is 0.173. The van der Waals surface area contributed by atoms with Crippen LogP contribution in [0.15, 0.2) is 24.3 Å². The van der Waals surface area contributed by atoms with Crippen LogP contribution < -0.4 is 10.6 Å². The second-order valence-corrected chi connectivity index (χ2v) is 4.79. The number of nitrogens with zero attached hydrogens (tertiary/aromatic N) is 1. The molecule has 0 saturated heterocycles. The van der Waals surface area contributed by atoms with E-state index in [1.54, 1.807) is 0 Å². The lowest BCUT2D eigenvalue weighted by atomic mass is 10.1. The Labute approximate surface area is 110 Å². The van der Waals surface area contributed by atoms with E-state index < -0.39 is 0 Å². The van der Waals surface area contributed by atoms with Gasteiger partial charge in [0.05, 0.1) is 0 Å². The summed E-state index contributed by atoms with van der Waals surface area (Å²) in [5.41, 5.74) is 7.86. The summed E-state index contributed by atoms with van der Waals surface area (Å²) < 4.78 is 0. The molecule has 2 N–H and O–H groups in total. The van der Waals surface area contributed by atoms with Crippen LogP contribution in [0.4, 0.5) is 5.69 Å². The summed E-state index contributed by atoms with van der Waals surface area (Å²) in [5.74, 6) is 0.187. The Kier molecular flexibility index (Phi) is 5.86. The largest absolute Gasteiger partial charge is 0.328 e. The van der Waals surface area contributed by atoms with Crippen LogP contribution in [0.25, 0.3) is 0 Å². The van der Waals surface area contributed by atoms with Gasteiger partial charge >= 0.3 is 0 Å². The number of hydrogen-bond acceptors (Lipinski definition) is 2. The van der Waals surface area contributed by atoms with Crippen LogP contribution in [0.2, 0.25) is 0 Å². The van der Waals surface area contributed by atoms with Gasteiger partial charge in [0, 0.05) is 24.7 Å². The number of carbonyl (C=O) groups is 1. The van der Waals surface area contributed by atoms with Gasteiger partial charge in [0.1, 0.15) is 0 Å². The monoisotopic (exact) mass is 248 g/mol. The summed E-state index contributed by atoms with van der Waals surface area (Å²) in [6.07, 6.45) is 2.33. The van der Waals surface area contributed by atoms with Crippen LogP contribution in [0, 0.1) is 6.92 Å². The van der Waals surface area contributed by atoms with E-state index in [1.807, 2.05) is 49.9 Å². The maximum Gasteiger partial charge on any atom is 0.226 e. The van der Waals surface area contributed by atoms with E-state index in [0.717, 1.165) is 24.1 Å². The molecule has 3 heteroatoms. The Hall–Kier alpha value is -1.35. The molecule has 0 aliphatic heterocycles. The number of carbonyl (C=O) groups excluding carboxylic acids is 1. The number of anilines is 1. The molecule has 0 fully saturated rings. The second kappa shape index (κ2) is 7.17. The lowest BCUT2D eigenvalue weighted by Crippen LogP contribution is -2.31. The molecule has 1 aromatic rings. The Morgan fingerprint density at radius 3 is 2.61 bits per heavy atom. The molecule has 0 aromatic heterocycles. The van der Waals surface area contributed by atoms with Crippen LogP contribution in [0.1, 0.15) is 38.7 Å².